The molecule has 2 aliphatic rings. The van der Waals surface area contributed by atoms with Crippen LogP contribution >= 0.6 is 0 Å². The fourth-order valence-electron chi connectivity index (χ4n) is 6.65. The highest BCUT2D eigenvalue weighted by atomic mass is 19.4. The van der Waals surface area contributed by atoms with E-state index < -0.39 is 54.0 Å². The summed E-state index contributed by atoms with van der Waals surface area (Å²) in [5.41, 5.74) is 1.24. The van der Waals surface area contributed by atoms with Crippen molar-refractivity contribution in [2.75, 3.05) is 19.8 Å². The van der Waals surface area contributed by atoms with Gasteiger partial charge in [-0.3, -0.25) is 9.59 Å². The first-order valence-corrected chi connectivity index (χ1v) is 15.7. The molecule has 1 aliphatic heterocycles. The first-order valence-electron chi connectivity index (χ1n) is 15.7. The quantitative estimate of drug-likeness (QED) is 0.178. The minimum absolute atomic E-state index is 0.0128. The fourth-order valence-corrected chi connectivity index (χ4v) is 6.65. The number of halogens is 6. The Hall–Kier alpha value is -4.68. The molecule has 0 radical (unpaired) electrons. The number of benzene rings is 4. The Bertz CT molecular complexity index is 1770. The molecule has 1 fully saturated rings. The van der Waals surface area contributed by atoms with E-state index in [2.05, 4.69) is 10.6 Å². The van der Waals surface area contributed by atoms with Crippen molar-refractivity contribution in [3.63, 3.8) is 0 Å². The van der Waals surface area contributed by atoms with Gasteiger partial charge in [-0.2, -0.15) is 26.3 Å². The van der Waals surface area contributed by atoms with Gasteiger partial charge in [0.2, 0.25) is 5.91 Å². The molecule has 0 unspecified atom stereocenters. The second-order valence-corrected chi connectivity index (χ2v) is 12.1. The van der Waals surface area contributed by atoms with Gasteiger partial charge in [0.15, 0.2) is 6.29 Å². The summed E-state index contributed by atoms with van der Waals surface area (Å²) < 4.78 is 91.8. The molecule has 1 aliphatic carbocycles. The molecule has 256 valence electrons. The van der Waals surface area contributed by atoms with Crippen LogP contribution in [0.1, 0.15) is 46.3 Å². The maximum absolute atomic E-state index is 13.7. The lowest BCUT2D eigenvalue weighted by molar-refractivity contribution is -0.191. The molecule has 0 atom stereocenters. The van der Waals surface area contributed by atoms with Crippen molar-refractivity contribution in [1.82, 2.24) is 10.6 Å². The minimum Gasteiger partial charge on any atom is -0.350 e. The van der Waals surface area contributed by atoms with Gasteiger partial charge in [0.05, 0.1) is 24.8 Å². The summed E-state index contributed by atoms with van der Waals surface area (Å²) in [5, 5.41) is 4.82. The van der Waals surface area contributed by atoms with Crippen LogP contribution < -0.4 is 10.6 Å². The normalized spacial score (nSPS) is 18.3. The molecular weight excluding hydrogens is 650 g/mol. The van der Waals surface area contributed by atoms with Gasteiger partial charge in [-0.1, -0.05) is 84.9 Å². The molecule has 0 bridgehead atoms. The van der Waals surface area contributed by atoms with Crippen LogP contribution in [0.5, 0.6) is 0 Å². The lowest BCUT2D eigenvalue weighted by Crippen LogP contribution is -2.48. The fraction of sp³-hybridized carbons (Fsp3) is 0.297. The van der Waals surface area contributed by atoms with Crippen molar-refractivity contribution in [2.24, 2.45) is 0 Å². The summed E-state index contributed by atoms with van der Waals surface area (Å²) in [5.74, 6) is -1.47. The first kappa shape index (κ1) is 34.2. The number of carbonyl (C=O) groups excluding carboxylic acids is 2. The number of hydrogen-bond donors (Lipinski definition) is 2. The molecule has 0 aromatic heterocycles. The van der Waals surface area contributed by atoms with Crippen LogP contribution in [0.15, 0.2) is 97.1 Å². The van der Waals surface area contributed by atoms with Crippen molar-refractivity contribution in [2.45, 2.75) is 49.4 Å². The van der Waals surface area contributed by atoms with Crippen LogP contribution in [0.25, 0.3) is 22.3 Å². The van der Waals surface area contributed by atoms with Crippen LogP contribution in [0, 0.1) is 0 Å². The molecule has 4 aromatic rings. The standard InChI is InChI=1S/C37H32F6N2O4/c38-36(39,40)22-44-34(47)35(30-13-6-4-11-27(30)28-12-5-7-14-31(28)35)18-8-15-32-48-20-25(21-49-32)45-33(46)29-19-24(37(41,42)43)16-17-26(29)23-9-2-1-3-10-23/h1-7,9-14,16-17,19,25,32H,8,15,18,20-22H2,(H,44,47)(H,45,46). The van der Waals surface area contributed by atoms with Gasteiger partial charge in [0.25, 0.3) is 5.91 Å². The maximum Gasteiger partial charge on any atom is 0.416 e. The maximum atomic E-state index is 13.7. The third kappa shape index (κ3) is 7.20. The van der Waals surface area contributed by atoms with E-state index in [9.17, 15) is 35.9 Å². The molecule has 6 rings (SSSR count). The molecule has 12 heteroatoms. The Morgan fingerprint density at radius 3 is 1.94 bits per heavy atom. The molecule has 2 amide bonds. The number of rotatable bonds is 9. The van der Waals surface area contributed by atoms with Crippen LogP contribution in [0.3, 0.4) is 0 Å². The Balaban J connectivity index is 1.12. The summed E-state index contributed by atoms with van der Waals surface area (Å²) in [4.78, 5) is 27.0. The van der Waals surface area contributed by atoms with E-state index in [1.54, 1.807) is 54.6 Å². The van der Waals surface area contributed by atoms with Gasteiger partial charge in [-0.25, -0.2) is 0 Å². The molecule has 1 saturated heterocycles. The van der Waals surface area contributed by atoms with Gasteiger partial charge in [-0.05, 0) is 64.8 Å². The van der Waals surface area contributed by atoms with E-state index in [1.807, 2.05) is 24.3 Å². The van der Waals surface area contributed by atoms with Crippen LogP contribution in [0.2, 0.25) is 0 Å². The summed E-state index contributed by atoms with van der Waals surface area (Å²) >= 11 is 0. The predicted molar refractivity (Wildman–Crippen MR) is 169 cm³/mol. The van der Waals surface area contributed by atoms with E-state index in [-0.39, 0.29) is 25.2 Å². The zero-order valence-electron chi connectivity index (χ0n) is 26.0. The van der Waals surface area contributed by atoms with Gasteiger partial charge < -0.3 is 20.1 Å². The topological polar surface area (TPSA) is 76.7 Å². The molecule has 4 aromatic carbocycles. The number of fused-ring (bicyclic) bond motifs is 3. The molecule has 0 spiro atoms. The highest BCUT2D eigenvalue weighted by Crippen LogP contribution is 2.51. The lowest BCUT2D eigenvalue weighted by atomic mass is 9.73. The number of nitrogens with one attached hydrogen (secondary N) is 2. The van der Waals surface area contributed by atoms with Crippen LogP contribution in [0.4, 0.5) is 26.3 Å². The smallest absolute Gasteiger partial charge is 0.350 e. The third-order valence-electron chi connectivity index (χ3n) is 8.87. The second-order valence-electron chi connectivity index (χ2n) is 12.1. The van der Waals surface area contributed by atoms with Crippen molar-refractivity contribution in [1.29, 1.82) is 0 Å². The van der Waals surface area contributed by atoms with Gasteiger partial charge in [-0.15, -0.1) is 0 Å². The molecule has 0 saturated carbocycles. The third-order valence-corrected chi connectivity index (χ3v) is 8.87. The predicted octanol–water partition coefficient (Wildman–Crippen LogP) is 7.66. The van der Waals surface area contributed by atoms with E-state index in [0.717, 1.165) is 23.3 Å². The van der Waals surface area contributed by atoms with E-state index in [4.69, 9.17) is 9.47 Å². The zero-order chi connectivity index (χ0) is 34.8. The number of ether oxygens (including phenoxy) is 2. The van der Waals surface area contributed by atoms with Crippen molar-refractivity contribution in [3.05, 3.63) is 119 Å². The average molecular weight is 683 g/mol. The summed E-state index contributed by atoms with van der Waals surface area (Å²) in [6.07, 6.45) is -9.15. The monoisotopic (exact) mass is 682 g/mol. The van der Waals surface area contributed by atoms with Gasteiger partial charge in [0, 0.05) is 5.56 Å². The Kier molecular flexibility index (Phi) is 9.54. The second kappa shape index (κ2) is 13.7. The molecular formula is C37H32F6N2O4. The van der Waals surface area contributed by atoms with Crippen LogP contribution in [-0.2, 0) is 25.9 Å². The average Bonchev–Trinajstić information content (AvgIpc) is 3.38. The molecule has 49 heavy (non-hydrogen) atoms. The zero-order valence-corrected chi connectivity index (χ0v) is 26.0. The van der Waals surface area contributed by atoms with Crippen molar-refractivity contribution >= 4 is 11.8 Å². The number of carbonyl (C=O) groups is 2. The summed E-state index contributed by atoms with van der Waals surface area (Å²) in [6.45, 7) is -1.44. The Labute approximate surface area is 278 Å². The Morgan fingerprint density at radius 1 is 0.755 bits per heavy atom. The number of alkyl halides is 6. The molecule has 2 N–H and O–H groups in total. The SMILES string of the molecule is O=C(NC1COC(CCCC2(C(=O)NCC(F)(F)F)c3ccccc3-c3ccccc32)OC1)c1cc(C(F)(F)F)ccc1-c1ccccc1. The van der Waals surface area contributed by atoms with Crippen molar-refractivity contribution < 1.29 is 45.4 Å². The molecule has 6 nitrogen and oxygen atoms in total. The first-order chi connectivity index (χ1) is 23.4. The summed E-state index contributed by atoms with van der Waals surface area (Å²) in [7, 11) is 0. The Morgan fingerprint density at radius 2 is 1.35 bits per heavy atom. The van der Waals surface area contributed by atoms with Gasteiger partial charge in [0.1, 0.15) is 12.0 Å². The highest BCUT2D eigenvalue weighted by molar-refractivity contribution is 6.02. The van der Waals surface area contributed by atoms with E-state index in [0.29, 0.717) is 35.1 Å². The van der Waals surface area contributed by atoms with Gasteiger partial charge >= 0.3 is 12.4 Å². The van der Waals surface area contributed by atoms with E-state index >= 15 is 0 Å². The van der Waals surface area contributed by atoms with E-state index in [1.165, 1.54) is 6.07 Å². The number of hydrogen-bond acceptors (Lipinski definition) is 4. The van der Waals surface area contributed by atoms with Crippen LogP contribution in [-0.4, -0.2) is 50.1 Å². The van der Waals surface area contributed by atoms with Crippen molar-refractivity contribution in [3.8, 4) is 22.3 Å². The highest BCUT2D eigenvalue weighted by Gasteiger charge is 2.49. The largest absolute Gasteiger partial charge is 0.416 e. The minimum atomic E-state index is -4.64. The summed E-state index contributed by atoms with van der Waals surface area (Å²) in [6, 6.07) is 25.3. The molecule has 1 heterocycles. The number of amides is 2. The lowest BCUT2D eigenvalue weighted by Gasteiger charge is -2.33.